The van der Waals surface area contributed by atoms with Crippen molar-refractivity contribution in [2.24, 2.45) is 11.7 Å². The number of hydrogen-bond donors (Lipinski definition) is 3. The highest BCUT2D eigenvalue weighted by Gasteiger charge is 2.21. The molecular weight excluding hydrogens is 254 g/mol. The van der Waals surface area contributed by atoms with Gasteiger partial charge >= 0.3 is 0 Å². The van der Waals surface area contributed by atoms with Crippen molar-refractivity contribution in [2.45, 2.75) is 12.8 Å². The molecule has 20 heavy (non-hydrogen) atoms. The summed E-state index contributed by atoms with van der Waals surface area (Å²) in [6.07, 6.45) is 5.52. The Kier molecular flexibility index (Phi) is 4.90. The first-order chi connectivity index (χ1) is 9.72. The second-order valence-corrected chi connectivity index (χ2v) is 4.72. The van der Waals surface area contributed by atoms with Crippen LogP contribution in [0.15, 0.2) is 36.4 Å². The van der Waals surface area contributed by atoms with Gasteiger partial charge in [-0.2, -0.15) is 0 Å². The van der Waals surface area contributed by atoms with Gasteiger partial charge in [-0.05, 0) is 25.0 Å². The third kappa shape index (κ3) is 3.45. The number of benzene rings is 1. The predicted molar refractivity (Wildman–Crippen MR) is 78.3 cm³/mol. The molecule has 0 atom stereocenters. The zero-order valence-electron chi connectivity index (χ0n) is 11.3. The summed E-state index contributed by atoms with van der Waals surface area (Å²) < 4.78 is 0. The van der Waals surface area contributed by atoms with Gasteiger partial charge in [-0.1, -0.05) is 24.3 Å². The van der Waals surface area contributed by atoms with Gasteiger partial charge in [0.05, 0.1) is 11.3 Å². The number of para-hydroxylation sites is 1. The second kappa shape index (κ2) is 6.86. The molecule has 0 heterocycles. The summed E-state index contributed by atoms with van der Waals surface area (Å²) >= 11 is 0. The van der Waals surface area contributed by atoms with E-state index in [1.54, 1.807) is 24.3 Å². The molecule has 4 N–H and O–H groups in total. The smallest absolute Gasteiger partial charge is 0.253 e. The highest BCUT2D eigenvalue weighted by atomic mass is 16.2. The molecule has 0 saturated heterocycles. The van der Waals surface area contributed by atoms with Crippen LogP contribution in [0.5, 0.6) is 0 Å². The van der Waals surface area contributed by atoms with Crippen molar-refractivity contribution in [3.05, 3.63) is 42.0 Å². The fourth-order valence-corrected chi connectivity index (χ4v) is 2.14. The Morgan fingerprint density at radius 3 is 2.60 bits per heavy atom. The highest BCUT2D eigenvalue weighted by Crippen LogP contribution is 2.21. The van der Waals surface area contributed by atoms with Crippen LogP contribution < -0.4 is 16.4 Å². The molecule has 5 heteroatoms. The van der Waals surface area contributed by atoms with Crippen LogP contribution in [-0.4, -0.2) is 24.9 Å². The van der Waals surface area contributed by atoms with E-state index in [0.717, 1.165) is 12.8 Å². The molecule has 0 saturated carbocycles. The SMILES string of the molecule is NCCNC(=O)c1ccccc1NC(=O)C1CC=CC1. The molecule has 2 rings (SSSR count). The van der Waals surface area contributed by atoms with E-state index < -0.39 is 0 Å². The van der Waals surface area contributed by atoms with Crippen molar-refractivity contribution >= 4 is 17.5 Å². The van der Waals surface area contributed by atoms with E-state index in [-0.39, 0.29) is 17.7 Å². The van der Waals surface area contributed by atoms with Crippen LogP contribution in [0.3, 0.4) is 0 Å². The van der Waals surface area contributed by atoms with Gasteiger partial charge in [-0.3, -0.25) is 9.59 Å². The first kappa shape index (κ1) is 14.3. The predicted octanol–water partition coefficient (Wildman–Crippen LogP) is 1.28. The fraction of sp³-hybridized carbons (Fsp3) is 0.333. The van der Waals surface area contributed by atoms with Crippen LogP contribution in [0.25, 0.3) is 0 Å². The van der Waals surface area contributed by atoms with E-state index >= 15 is 0 Å². The van der Waals surface area contributed by atoms with Crippen LogP contribution in [0.2, 0.25) is 0 Å². The molecule has 106 valence electrons. The maximum absolute atomic E-state index is 12.1. The van der Waals surface area contributed by atoms with E-state index in [1.165, 1.54) is 0 Å². The first-order valence-corrected chi connectivity index (χ1v) is 6.75. The molecule has 1 aliphatic carbocycles. The van der Waals surface area contributed by atoms with E-state index in [1.807, 2.05) is 12.2 Å². The number of nitrogens with two attached hydrogens (primary N) is 1. The molecule has 0 aromatic heterocycles. The molecule has 1 aromatic rings. The van der Waals surface area contributed by atoms with E-state index in [4.69, 9.17) is 5.73 Å². The van der Waals surface area contributed by atoms with Gasteiger partial charge in [0.15, 0.2) is 0 Å². The number of hydrogen-bond acceptors (Lipinski definition) is 3. The minimum absolute atomic E-state index is 0.0323. The maximum Gasteiger partial charge on any atom is 0.253 e. The minimum Gasteiger partial charge on any atom is -0.351 e. The molecule has 1 aliphatic rings. The van der Waals surface area contributed by atoms with Crippen LogP contribution in [-0.2, 0) is 4.79 Å². The molecule has 2 amide bonds. The van der Waals surface area contributed by atoms with Crippen LogP contribution in [0, 0.1) is 5.92 Å². The molecule has 0 aliphatic heterocycles. The Morgan fingerprint density at radius 2 is 1.90 bits per heavy atom. The Morgan fingerprint density at radius 1 is 1.20 bits per heavy atom. The van der Waals surface area contributed by atoms with Crippen LogP contribution >= 0.6 is 0 Å². The minimum atomic E-state index is -0.226. The van der Waals surface area contributed by atoms with Crippen molar-refractivity contribution in [2.75, 3.05) is 18.4 Å². The number of nitrogens with one attached hydrogen (secondary N) is 2. The molecule has 0 unspecified atom stereocenters. The van der Waals surface area contributed by atoms with Gasteiger partial charge in [-0.25, -0.2) is 0 Å². The summed E-state index contributed by atoms with van der Waals surface area (Å²) in [7, 11) is 0. The number of anilines is 1. The van der Waals surface area contributed by atoms with Gasteiger partial charge in [0.25, 0.3) is 5.91 Å². The third-order valence-corrected chi connectivity index (χ3v) is 3.24. The average Bonchev–Trinajstić information content (AvgIpc) is 2.99. The molecular formula is C15H19N3O2. The largest absolute Gasteiger partial charge is 0.351 e. The number of rotatable bonds is 5. The van der Waals surface area contributed by atoms with E-state index in [2.05, 4.69) is 10.6 Å². The fourth-order valence-electron chi connectivity index (χ4n) is 2.14. The van der Waals surface area contributed by atoms with Crippen molar-refractivity contribution in [1.82, 2.24) is 5.32 Å². The first-order valence-electron chi connectivity index (χ1n) is 6.75. The number of amides is 2. The Hall–Kier alpha value is -2.14. The number of carbonyl (C=O) groups is 2. The molecule has 0 spiro atoms. The Balaban J connectivity index is 2.07. The monoisotopic (exact) mass is 273 g/mol. The van der Waals surface area contributed by atoms with Gasteiger partial charge in [0, 0.05) is 19.0 Å². The zero-order chi connectivity index (χ0) is 14.4. The summed E-state index contributed by atoms with van der Waals surface area (Å²) in [6.45, 7) is 0.793. The summed E-state index contributed by atoms with van der Waals surface area (Å²) in [5.74, 6) is -0.305. The average molecular weight is 273 g/mol. The Bertz CT molecular complexity index is 518. The summed E-state index contributed by atoms with van der Waals surface area (Å²) in [4.78, 5) is 24.1. The van der Waals surface area contributed by atoms with Crippen molar-refractivity contribution < 1.29 is 9.59 Å². The topological polar surface area (TPSA) is 84.2 Å². The molecule has 0 radical (unpaired) electrons. The van der Waals surface area contributed by atoms with Gasteiger partial charge in [-0.15, -0.1) is 0 Å². The lowest BCUT2D eigenvalue weighted by molar-refractivity contribution is -0.119. The van der Waals surface area contributed by atoms with Crippen molar-refractivity contribution in [3.63, 3.8) is 0 Å². The lowest BCUT2D eigenvalue weighted by Crippen LogP contribution is -2.30. The molecule has 1 aromatic carbocycles. The summed E-state index contributed by atoms with van der Waals surface area (Å²) in [5.41, 5.74) is 6.36. The lowest BCUT2D eigenvalue weighted by atomic mass is 10.1. The van der Waals surface area contributed by atoms with Gasteiger partial charge in [0.1, 0.15) is 0 Å². The van der Waals surface area contributed by atoms with Crippen LogP contribution in [0.1, 0.15) is 23.2 Å². The van der Waals surface area contributed by atoms with Gasteiger partial charge < -0.3 is 16.4 Å². The summed E-state index contributed by atoms with van der Waals surface area (Å²) in [6, 6.07) is 6.98. The maximum atomic E-state index is 12.1. The molecule has 0 bridgehead atoms. The van der Waals surface area contributed by atoms with Gasteiger partial charge in [0.2, 0.25) is 5.91 Å². The van der Waals surface area contributed by atoms with Crippen molar-refractivity contribution in [1.29, 1.82) is 0 Å². The quantitative estimate of drug-likeness (QED) is 0.707. The van der Waals surface area contributed by atoms with Crippen molar-refractivity contribution in [3.8, 4) is 0 Å². The Labute approximate surface area is 118 Å². The summed E-state index contributed by atoms with van der Waals surface area (Å²) in [5, 5.41) is 5.54. The van der Waals surface area contributed by atoms with E-state index in [0.29, 0.717) is 24.3 Å². The van der Waals surface area contributed by atoms with Crippen LogP contribution in [0.4, 0.5) is 5.69 Å². The number of allylic oxidation sites excluding steroid dienone is 2. The van der Waals surface area contributed by atoms with E-state index in [9.17, 15) is 9.59 Å². The second-order valence-electron chi connectivity index (χ2n) is 4.72. The molecule has 5 nitrogen and oxygen atoms in total. The standard InChI is InChI=1S/C15H19N3O2/c16-9-10-17-15(20)12-7-3-4-8-13(12)18-14(19)11-5-1-2-6-11/h1-4,7-8,11H,5-6,9-10,16H2,(H,17,20)(H,18,19). The molecule has 0 fully saturated rings. The normalized spacial score (nSPS) is 14.2. The zero-order valence-corrected chi connectivity index (χ0v) is 11.3. The highest BCUT2D eigenvalue weighted by molar-refractivity contribution is 6.04. The number of carbonyl (C=O) groups excluding carboxylic acids is 2. The lowest BCUT2D eigenvalue weighted by Gasteiger charge is -2.14. The third-order valence-electron chi connectivity index (χ3n) is 3.24.